The number of nitrogens with zero attached hydrogens (tertiary/aromatic N) is 1. The Hall–Kier alpha value is -1.17. The Bertz CT molecular complexity index is 537. The Morgan fingerprint density at radius 1 is 1.24 bits per heavy atom. The average molecular weight is 288 g/mol. The molecule has 114 valence electrons. The van der Waals surface area contributed by atoms with E-state index in [1.807, 2.05) is 58.9 Å². The van der Waals surface area contributed by atoms with E-state index in [-0.39, 0.29) is 24.4 Å². The summed E-state index contributed by atoms with van der Waals surface area (Å²) in [5, 5.41) is 0. The van der Waals surface area contributed by atoms with Gasteiger partial charge in [0.1, 0.15) is 0 Å². The average Bonchev–Trinajstić information content (AvgIpc) is 2.56. The van der Waals surface area contributed by atoms with Crippen LogP contribution in [0.1, 0.15) is 57.5 Å². The number of aromatic nitrogens is 1. The summed E-state index contributed by atoms with van der Waals surface area (Å²) >= 11 is 0. The molecule has 1 atom stereocenters. The van der Waals surface area contributed by atoms with E-state index in [1.54, 1.807) is 0 Å². The molecular formula is C16H25BN2O2. The van der Waals surface area contributed by atoms with Gasteiger partial charge < -0.3 is 15.0 Å². The van der Waals surface area contributed by atoms with Gasteiger partial charge in [0, 0.05) is 12.2 Å². The minimum absolute atomic E-state index is 0.0511. The summed E-state index contributed by atoms with van der Waals surface area (Å²) in [6.07, 6.45) is 3.84. The van der Waals surface area contributed by atoms with Crippen molar-refractivity contribution < 1.29 is 9.31 Å². The van der Waals surface area contributed by atoms with Gasteiger partial charge in [-0.2, -0.15) is 0 Å². The molecule has 4 nitrogen and oxygen atoms in total. The second-order valence-corrected chi connectivity index (χ2v) is 6.74. The van der Waals surface area contributed by atoms with Crippen LogP contribution in [-0.2, 0) is 9.31 Å². The molecule has 0 radical (unpaired) electrons. The van der Waals surface area contributed by atoms with Gasteiger partial charge in [-0.3, -0.25) is 4.98 Å². The lowest BCUT2D eigenvalue weighted by Gasteiger charge is -2.32. The summed E-state index contributed by atoms with van der Waals surface area (Å²) in [5.41, 5.74) is 8.32. The molecule has 0 aromatic carbocycles. The zero-order valence-electron chi connectivity index (χ0n) is 13.8. The Labute approximate surface area is 127 Å². The quantitative estimate of drug-likeness (QED) is 0.868. The Balaban J connectivity index is 2.13. The fraction of sp³-hybridized carbons (Fsp3) is 0.562. The fourth-order valence-electron chi connectivity index (χ4n) is 2.16. The molecule has 0 amide bonds. The van der Waals surface area contributed by atoms with E-state index in [2.05, 4.69) is 11.9 Å². The van der Waals surface area contributed by atoms with Gasteiger partial charge in [-0.25, -0.2) is 0 Å². The number of nitrogens with two attached hydrogens (primary N) is 1. The molecule has 1 saturated heterocycles. The minimum atomic E-state index is -0.331. The van der Waals surface area contributed by atoms with Crippen molar-refractivity contribution in [2.24, 2.45) is 5.73 Å². The highest BCUT2D eigenvalue weighted by Crippen LogP contribution is 2.37. The lowest BCUT2D eigenvalue weighted by Crippen LogP contribution is -2.41. The van der Waals surface area contributed by atoms with Gasteiger partial charge in [0.05, 0.1) is 16.9 Å². The molecule has 0 saturated carbocycles. The standard InChI is InChI=1S/C16H25BN2O2/c1-11-9-14(12(2)18)19-10-13(11)7-8-17-20-15(3,4)16(5,6)21-17/h7-10,12H,18H2,1-6H3/b8-7+/t12-/m0/s1. The maximum atomic E-state index is 5.94. The summed E-state index contributed by atoms with van der Waals surface area (Å²) in [4.78, 5) is 4.38. The third-order valence-corrected chi connectivity index (χ3v) is 4.34. The third-order valence-electron chi connectivity index (χ3n) is 4.34. The van der Waals surface area contributed by atoms with Crippen LogP contribution in [0.2, 0.25) is 0 Å². The van der Waals surface area contributed by atoms with Crippen LogP contribution in [0.25, 0.3) is 6.08 Å². The summed E-state index contributed by atoms with van der Waals surface area (Å²) in [5.74, 6) is 1.94. The molecule has 2 N–H and O–H groups in total. The summed E-state index contributed by atoms with van der Waals surface area (Å²) in [6, 6.07) is 1.97. The molecule has 2 heterocycles. The van der Waals surface area contributed by atoms with Gasteiger partial charge in [0.2, 0.25) is 0 Å². The molecule has 0 spiro atoms. The first-order valence-corrected chi connectivity index (χ1v) is 7.38. The smallest absolute Gasteiger partial charge is 0.400 e. The van der Waals surface area contributed by atoms with E-state index in [0.29, 0.717) is 0 Å². The van der Waals surface area contributed by atoms with Crippen LogP contribution in [0.3, 0.4) is 0 Å². The molecule has 5 heteroatoms. The summed E-state index contributed by atoms with van der Waals surface area (Å²) < 4.78 is 11.9. The first kappa shape index (κ1) is 16.2. The van der Waals surface area contributed by atoms with Crippen molar-refractivity contribution in [1.29, 1.82) is 0 Å². The highest BCUT2D eigenvalue weighted by molar-refractivity contribution is 6.52. The molecule has 0 aliphatic carbocycles. The first-order valence-electron chi connectivity index (χ1n) is 7.38. The van der Waals surface area contributed by atoms with E-state index < -0.39 is 0 Å². The highest BCUT2D eigenvalue weighted by atomic mass is 16.7. The van der Waals surface area contributed by atoms with Crippen LogP contribution in [0, 0.1) is 6.92 Å². The number of hydrogen-bond donors (Lipinski definition) is 1. The second-order valence-electron chi connectivity index (χ2n) is 6.74. The molecule has 1 aromatic heterocycles. The maximum absolute atomic E-state index is 5.94. The van der Waals surface area contributed by atoms with Crippen LogP contribution in [0.5, 0.6) is 0 Å². The molecule has 2 rings (SSSR count). The predicted octanol–water partition coefficient (Wildman–Crippen LogP) is 3.05. The van der Waals surface area contributed by atoms with Gasteiger partial charge in [-0.15, -0.1) is 0 Å². The normalized spacial score (nSPS) is 22.0. The topological polar surface area (TPSA) is 57.4 Å². The SMILES string of the molecule is Cc1cc([C@H](C)N)ncc1/C=C/B1OC(C)(C)C(C)(C)O1. The zero-order chi connectivity index (χ0) is 15.8. The lowest BCUT2D eigenvalue weighted by atomic mass is 9.89. The number of hydrogen-bond acceptors (Lipinski definition) is 4. The summed E-state index contributed by atoms with van der Waals surface area (Å²) in [7, 11) is -0.331. The van der Waals surface area contributed by atoms with Gasteiger partial charge in [-0.05, 0) is 58.7 Å². The van der Waals surface area contributed by atoms with Gasteiger partial charge in [-0.1, -0.05) is 12.1 Å². The molecule has 0 unspecified atom stereocenters. The van der Waals surface area contributed by atoms with Crippen LogP contribution < -0.4 is 5.73 Å². The van der Waals surface area contributed by atoms with Crippen LogP contribution >= 0.6 is 0 Å². The monoisotopic (exact) mass is 288 g/mol. The van der Waals surface area contributed by atoms with Crippen molar-refractivity contribution in [1.82, 2.24) is 4.98 Å². The lowest BCUT2D eigenvalue weighted by molar-refractivity contribution is 0.00578. The molecule has 1 aromatic rings. The minimum Gasteiger partial charge on any atom is -0.400 e. The van der Waals surface area contributed by atoms with Crippen molar-refractivity contribution in [3.63, 3.8) is 0 Å². The van der Waals surface area contributed by atoms with E-state index >= 15 is 0 Å². The van der Waals surface area contributed by atoms with E-state index in [0.717, 1.165) is 16.8 Å². The Morgan fingerprint density at radius 3 is 2.29 bits per heavy atom. The van der Waals surface area contributed by atoms with Gasteiger partial charge >= 0.3 is 7.12 Å². The molecular weight excluding hydrogens is 263 g/mol. The first-order chi connectivity index (χ1) is 9.62. The van der Waals surface area contributed by atoms with Crippen LogP contribution in [0.15, 0.2) is 18.2 Å². The third kappa shape index (κ3) is 3.36. The van der Waals surface area contributed by atoms with Crippen LogP contribution in [-0.4, -0.2) is 23.3 Å². The van der Waals surface area contributed by atoms with Gasteiger partial charge in [0.15, 0.2) is 0 Å². The van der Waals surface area contributed by atoms with E-state index in [1.165, 1.54) is 0 Å². The van der Waals surface area contributed by atoms with Crippen LogP contribution in [0.4, 0.5) is 0 Å². The highest BCUT2D eigenvalue weighted by Gasteiger charge is 2.49. The Morgan fingerprint density at radius 2 is 1.81 bits per heavy atom. The van der Waals surface area contributed by atoms with Gasteiger partial charge in [0.25, 0.3) is 0 Å². The van der Waals surface area contributed by atoms with Crippen molar-refractivity contribution in [2.75, 3.05) is 0 Å². The summed E-state index contributed by atoms with van der Waals surface area (Å²) in [6.45, 7) is 12.2. The number of rotatable bonds is 3. The van der Waals surface area contributed by atoms with Crippen molar-refractivity contribution in [3.8, 4) is 0 Å². The van der Waals surface area contributed by atoms with Crippen molar-refractivity contribution in [2.45, 2.75) is 58.8 Å². The predicted molar refractivity (Wildman–Crippen MR) is 86.7 cm³/mol. The fourth-order valence-corrected chi connectivity index (χ4v) is 2.16. The number of pyridine rings is 1. The number of aryl methyl sites for hydroxylation is 1. The molecule has 1 aliphatic rings. The Kier molecular flexibility index (Phi) is 4.29. The second kappa shape index (κ2) is 5.56. The molecule has 1 aliphatic heterocycles. The van der Waals surface area contributed by atoms with Crippen molar-refractivity contribution >= 4 is 13.2 Å². The zero-order valence-corrected chi connectivity index (χ0v) is 13.8. The van der Waals surface area contributed by atoms with E-state index in [4.69, 9.17) is 15.0 Å². The molecule has 21 heavy (non-hydrogen) atoms. The van der Waals surface area contributed by atoms with E-state index in [9.17, 15) is 0 Å². The largest absolute Gasteiger partial charge is 0.487 e. The molecule has 1 fully saturated rings. The van der Waals surface area contributed by atoms with Crippen molar-refractivity contribution in [3.05, 3.63) is 35.1 Å². The molecule has 0 bridgehead atoms. The maximum Gasteiger partial charge on any atom is 0.487 e.